The van der Waals surface area contributed by atoms with Crippen molar-refractivity contribution in [2.24, 2.45) is 5.92 Å². The van der Waals surface area contributed by atoms with Gasteiger partial charge < -0.3 is 15.4 Å². The number of rotatable bonds is 12. The average molecular weight is 460 g/mol. The van der Waals surface area contributed by atoms with E-state index < -0.39 is 6.04 Å². The molecule has 2 fully saturated rings. The molecule has 2 N–H and O–H groups in total. The van der Waals surface area contributed by atoms with Crippen molar-refractivity contribution in [3.63, 3.8) is 0 Å². The highest BCUT2D eigenvalue weighted by atomic mass is 16.7. The first-order valence-corrected chi connectivity index (χ1v) is 12.8. The highest BCUT2D eigenvalue weighted by Crippen LogP contribution is 2.23. The van der Waals surface area contributed by atoms with Crippen molar-refractivity contribution in [3.8, 4) is 5.75 Å². The molecule has 1 aliphatic carbocycles. The van der Waals surface area contributed by atoms with Crippen LogP contribution in [0.25, 0.3) is 0 Å². The van der Waals surface area contributed by atoms with E-state index in [4.69, 9.17) is 9.57 Å². The number of hydrogen-bond donors (Lipinski definition) is 2. The summed E-state index contributed by atoms with van der Waals surface area (Å²) in [5, 5.41) is 7.70. The van der Waals surface area contributed by atoms with E-state index in [-0.39, 0.29) is 18.4 Å². The number of hydroxylamine groups is 2. The van der Waals surface area contributed by atoms with Gasteiger partial charge in [-0.05, 0) is 68.7 Å². The van der Waals surface area contributed by atoms with E-state index in [1.54, 1.807) is 0 Å². The third-order valence-corrected chi connectivity index (χ3v) is 6.54. The molecule has 7 heteroatoms. The lowest BCUT2D eigenvalue weighted by molar-refractivity contribution is -0.204. The van der Waals surface area contributed by atoms with Crippen molar-refractivity contribution in [2.75, 3.05) is 26.3 Å². The number of carbonyl (C=O) groups is 2. The molecule has 1 atom stereocenters. The molecule has 0 spiro atoms. The zero-order chi connectivity index (χ0) is 23.3. The van der Waals surface area contributed by atoms with Crippen LogP contribution in [0.15, 0.2) is 24.3 Å². The molecule has 1 aromatic carbocycles. The summed E-state index contributed by atoms with van der Waals surface area (Å²) in [5.41, 5.74) is 1.20. The Kier molecular flexibility index (Phi) is 11.0. The number of unbranched alkanes of at least 4 members (excludes halogenated alkanes) is 1. The maximum absolute atomic E-state index is 12.9. The molecule has 0 radical (unpaired) electrons. The summed E-state index contributed by atoms with van der Waals surface area (Å²) in [5.74, 6) is 0.970. The molecule has 3 rings (SSSR count). The summed E-state index contributed by atoms with van der Waals surface area (Å²) in [7, 11) is 0. The fourth-order valence-corrected chi connectivity index (χ4v) is 4.51. The van der Waals surface area contributed by atoms with Gasteiger partial charge in [-0.25, -0.2) is 5.06 Å². The molecule has 33 heavy (non-hydrogen) atoms. The number of nitrogens with one attached hydrogen (secondary N) is 2. The Morgan fingerprint density at radius 3 is 2.61 bits per heavy atom. The molecule has 2 amide bonds. The maximum Gasteiger partial charge on any atom is 0.284 e. The van der Waals surface area contributed by atoms with Gasteiger partial charge in [0.2, 0.25) is 5.91 Å². The summed E-state index contributed by atoms with van der Waals surface area (Å²) in [6, 6.07) is 7.25. The van der Waals surface area contributed by atoms with Gasteiger partial charge >= 0.3 is 0 Å². The van der Waals surface area contributed by atoms with Crippen LogP contribution in [0, 0.1) is 5.92 Å². The summed E-state index contributed by atoms with van der Waals surface area (Å²) < 4.78 is 5.74. The molecule has 7 nitrogen and oxygen atoms in total. The number of ether oxygens (including phenoxy) is 1. The SMILES string of the molecule is CCCCON(C(=O)COc1ccc(CNCC2CCCCC2)cc1)[C@H]1CCCCNC1=O. The van der Waals surface area contributed by atoms with Crippen molar-refractivity contribution in [2.45, 2.75) is 83.7 Å². The Morgan fingerprint density at radius 2 is 1.85 bits per heavy atom. The van der Waals surface area contributed by atoms with Crippen LogP contribution in [-0.4, -0.2) is 49.2 Å². The third-order valence-electron chi connectivity index (χ3n) is 6.54. The Morgan fingerprint density at radius 1 is 1.09 bits per heavy atom. The van der Waals surface area contributed by atoms with Gasteiger partial charge in [0.15, 0.2) is 6.61 Å². The normalized spacial score (nSPS) is 19.5. The molecule has 184 valence electrons. The smallest absolute Gasteiger partial charge is 0.284 e. The Hall–Kier alpha value is -2.12. The maximum atomic E-state index is 12.9. The number of hydrogen-bond acceptors (Lipinski definition) is 5. The summed E-state index contributed by atoms with van der Waals surface area (Å²) in [6.07, 6.45) is 11.0. The number of benzene rings is 1. The summed E-state index contributed by atoms with van der Waals surface area (Å²) >= 11 is 0. The first-order valence-electron chi connectivity index (χ1n) is 12.8. The Balaban J connectivity index is 1.47. The van der Waals surface area contributed by atoms with Crippen LogP contribution in [0.3, 0.4) is 0 Å². The second-order valence-corrected chi connectivity index (χ2v) is 9.28. The molecule has 1 saturated carbocycles. The Labute approximate surface area is 198 Å². The lowest BCUT2D eigenvalue weighted by Gasteiger charge is -2.28. The van der Waals surface area contributed by atoms with Gasteiger partial charge in [-0.3, -0.25) is 14.4 Å². The van der Waals surface area contributed by atoms with E-state index in [0.717, 1.165) is 44.7 Å². The van der Waals surface area contributed by atoms with E-state index >= 15 is 0 Å². The quantitative estimate of drug-likeness (QED) is 0.365. The molecular formula is C26H41N3O4. The number of nitrogens with zero attached hydrogens (tertiary/aromatic N) is 1. The molecule has 0 bridgehead atoms. The molecular weight excluding hydrogens is 418 g/mol. The summed E-state index contributed by atoms with van der Waals surface area (Å²) in [4.78, 5) is 31.1. The first kappa shape index (κ1) is 25.5. The second-order valence-electron chi connectivity index (χ2n) is 9.28. The molecule has 1 saturated heterocycles. The molecule has 1 heterocycles. The van der Waals surface area contributed by atoms with Gasteiger partial charge in [0.1, 0.15) is 11.8 Å². The molecule has 1 aromatic rings. The minimum atomic E-state index is -0.599. The van der Waals surface area contributed by atoms with Crippen LogP contribution < -0.4 is 15.4 Å². The van der Waals surface area contributed by atoms with Gasteiger partial charge in [0.05, 0.1) is 6.61 Å². The lowest BCUT2D eigenvalue weighted by atomic mass is 9.89. The summed E-state index contributed by atoms with van der Waals surface area (Å²) in [6.45, 7) is 4.88. The second kappa shape index (κ2) is 14.2. The van der Waals surface area contributed by atoms with Crippen LogP contribution in [0.5, 0.6) is 5.75 Å². The fraction of sp³-hybridized carbons (Fsp3) is 0.692. The van der Waals surface area contributed by atoms with Crippen LogP contribution in [-0.2, 0) is 21.0 Å². The average Bonchev–Trinajstić information content (AvgIpc) is 3.06. The van der Waals surface area contributed by atoms with Gasteiger partial charge in [-0.15, -0.1) is 0 Å². The third kappa shape index (κ3) is 8.63. The van der Waals surface area contributed by atoms with Gasteiger partial charge in [-0.1, -0.05) is 44.7 Å². The topological polar surface area (TPSA) is 79.9 Å². The van der Waals surface area contributed by atoms with Crippen LogP contribution in [0.2, 0.25) is 0 Å². The van der Waals surface area contributed by atoms with Crippen LogP contribution in [0.4, 0.5) is 0 Å². The van der Waals surface area contributed by atoms with Crippen LogP contribution >= 0.6 is 0 Å². The van der Waals surface area contributed by atoms with Crippen molar-refractivity contribution in [3.05, 3.63) is 29.8 Å². The minimum absolute atomic E-state index is 0.151. The molecule has 2 aliphatic rings. The lowest BCUT2D eigenvalue weighted by Crippen LogP contribution is -2.50. The predicted octanol–water partition coefficient (Wildman–Crippen LogP) is 3.96. The van der Waals surface area contributed by atoms with Crippen molar-refractivity contribution < 1.29 is 19.2 Å². The minimum Gasteiger partial charge on any atom is -0.484 e. The number of amides is 2. The largest absolute Gasteiger partial charge is 0.484 e. The monoisotopic (exact) mass is 459 g/mol. The number of carbonyl (C=O) groups excluding carboxylic acids is 2. The molecule has 0 aromatic heterocycles. The van der Waals surface area contributed by atoms with Gasteiger partial charge in [0, 0.05) is 13.1 Å². The van der Waals surface area contributed by atoms with Gasteiger partial charge in [0.25, 0.3) is 5.91 Å². The van der Waals surface area contributed by atoms with E-state index in [2.05, 4.69) is 17.6 Å². The van der Waals surface area contributed by atoms with Crippen LogP contribution in [0.1, 0.15) is 76.7 Å². The molecule has 1 aliphatic heterocycles. The van der Waals surface area contributed by atoms with E-state index in [0.29, 0.717) is 25.3 Å². The van der Waals surface area contributed by atoms with E-state index in [1.807, 2.05) is 24.3 Å². The standard InChI is InChI=1S/C26H41N3O4/c1-2-3-17-33-29(24-11-7-8-16-28-26(24)31)25(30)20-32-23-14-12-22(13-15-23)19-27-18-21-9-5-4-6-10-21/h12-15,21,24,27H,2-11,16-20H2,1H3,(H,28,31)/t24-/m0/s1. The van der Waals surface area contributed by atoms with E-state index in [9.17, 15) is 9.59 Å². The van der Waals surface area contributed by atoms with Crippen molar-refractivity contribution >= 4 is 11.8 Å². The zero-order valence-corrected chi connectivity index (χ0v) is 20.2. The van der Waals surface area contributed by atoms with Crippen molar-refractivity contribution in [1.29, 1.82) is 0 Å². The van der Waals surface area contributed by atoms with Gasteiger partial charge in [-0.2, -0.15) is 0 Å². The Bertz CT molecular complexity index is 719. The molecule has 0 unspecified atom stereocenters. The zero-order valence-electron chi connectivity index (χ0n) is 20.2. The fourth-order valence-electron chi connectivity index (χ4n) is 4.51. The van der Waals surface area contributed by atoms with Crippen molar-refractivity contribution in [1.82, 2.24) is 15.7 Å². The van der Waals surface area contributed by atoms with E-state index in [1.165, 1.54) is 42.7 Å². The highest BCUT2D eigenvalue weighted by Gasteiger charge is 2.32. The first-order chi connectivity index (χ1) is 16.2. The highest BCUT2D eigenvalue weighted by molar-refractivity contribution is 5.87. The predicted molar refractivity (Wildman–Crippen MR) is 129 cm³/mol.